The molecule has 6 heteroatoms. The molecule has 1 N–H and O–H groups in total. The predicted octanol–water partition coefficient (Wildman–Crippen LogP) is 5.22. The monoisotopic (exact) mass is 467 g/mol. The van der Waals surface area contributed by atoms with E-state index >= 15 is 0 Å². The topological polar surface area (TPSA) is 67.5 Å². The molecule has 0 amide bonds. The van der Waals surface area contributed by atoms with Crippen molar-refractivity contribution < 1.29 is 5.11 Å². The van der Waals surface area contributed by atoms with Crippen molar-refractivity contribution in [1.29, 1.82) is 0 Å². The Balaban J connectivity index is 1.51. The van der Waals surface area contributed by atoms with Crippen LogP contribution in [-0.4, -0.2) is 20.5 Å². The highest BCUT2D eigenvalue weighted by Crippen LogP contribution is 2.44. The number of aromatic nitrogens is 2. The van der Waals surface area contributed by atoms with Gasteiger partial charge in [0.1, 0.15) is 16.3 Å². The molecule has 6 rings (SSSR count). The Labute approximate surface area is 201 Å². The number of fused-ring (bicyclic) bond motifs is 3. The van der Waals surface area contributed by atoms with Gasteiger partial charge in [-0.1, -0.05) is 60.7 Å². The molecule has 0 spiro atoms. The van der Waals surface area contributed by atoms with Gasteiger partial charge in [0.05, 0.1) is 11.1 Å². The minimum Gasteiger partial charge on any atom is -0.380 e. The highest BCUT2D eigenvalue weighted by Gasteiger charge is 2.40. The zero-order valence-corrected chi connectivity index (χ0v) is 19.8. The maximum atomic E-state index is 13.6. The molecule has 0 saturated heterocycles. The van der Waals surface area contributed by atoms with E-state index in [1.54, 1.807) is 11.3 Å². The standard InChI is InChI=1S/C28H25N3O2S/c1-18-29-26-25(22-14-8-9-15-24(22)34-26)27(32)31(18)30-21-16-23(19-10-4-2-5-11-19)28(33,17-21)20-12-6-3-7-13-20/h2-7,10-13,16,33H,8-9,14-15,17H2,1H3/b30-21+. The Bertz CT molecular complexity index is 1520. The van der Waals surface area contributed by atoms with E-state index in [9.17, 15) is 9.90 Å². The number of allylic oxidation sites excluding steroid dienone is 1. The Hall–Kier alpha value is -3.35. The van der Waals surface area contributed by atoms with Crippen LogP contribution in [-0.2, 0) is 18.4 Å². The number of thiophene rings is 1. The van der Waals surface area contributed by atoms with Gasteiger partial charge in [0.25, 0.3) is 5.56 Å². The van der Waals surface area contributed by atoms with Crippen LogP contribution in [0.4, 0.5) is 0 Å². The first kappa shape index (κ1) is 21.2. The van der Waals surface area contributed by atoms with Crippen LogP contribution in [0, 0.1) is 6.92 Å². The van der Waals surface area contributed by atoms with Crippen molar-refractivity contribution in [3.63, 3.8) is 0 Å². The molecule has 2 heterocycles. The second-order valence-electron chi connectivity index (χ2n) is 9.09. The van der Waals surface area contributed by atoms with Crippen molar-refractivity contribution in [2.45, 2.75) is 44.6 Å². The largest absolute Gasteiger partial charge is 0.380 e. The second kappa shape index (κ2) is 8.15. The summed E-state index contributed by atoms with van der Waals surface area (Å²) in [5.74, 6) is 0.563. The summed E-state index contributed by atoms with van der Waals surface area (Å²) in [6.07, 6.45) is 6.43. The van der Waals surface area contributed by atoms with E-state index in [0.29, 0.717) is 11.5 Å². The lowest BCUT2D eigenvalue weighted by Crippen LogP contribution is -2.26. The Morgan fingerprint density at radius 2 is 1.74 bits per heavy atom. The van der Waals surface area contributed by atoms with E-state index in [2.05, 4.69) is 0 Å². The summed E-state index contributed by atoms with van der Waals surface area (Å²) in [5, 5.41) is 17.4. The van der Waals surface area contributed by atoms with Crippen molar-refractivity contribution in [2.75, 3.05) is 0 Å². The first-order chi connectivity index (χ1) is 16.5. The first-order valence-corrected chi connectivity index (χ1v) is 12.5. The SMILES string of the molecule is Cc1nc2sc3c(c2c(=O)n1/N=C1\C=C(c2ccccc2)C(O)(c2ccccc2)C1)CCCC3. The van der Waals surface area contributed by atoms with Gasteiger partial charge in [-0.2, -0.15) is 9.78 Å². The molecular formula is C28H25N3O2S. The van der Waals surface area contributed by atoms with Crippen LogP contribution in [0.3, 0.4) is 0 Å². The Morgan fingerprint density at radius 1 is 1.03 bits per heavy atom. The lowest BCUT2D eigenvalue weighted by molar-refractivity contribution is 0.113. The van der Waals surface area contributed by atoms with Crippen molar-refractivity contribution in [1.82, 2.24) is 9.66 Å². The molecule has 2 aromatic carbocycles. The normalized spacial score (nSPS) is 21.1. The van der Waals surface area contributed by atoms with Gasteiger partial charge >= 0.3 is 0 Å². The van der Waals surface area contributed by atoms with Crippen LogP contribution >= 0.6 is 11.3 Å². The number of aryl methyl sites for hydroxylation is 3. The molecule has 1 unspecified atom stereocenters. The Kier molecular flexibility index (Phi) is 5.08. The number of nitrogens with zero attached hydrogens (tertiary/aromatic N) is 3. The highest BCUT2D eigenvalue weighted by atomic mass is 32.1. The number of rotatable bonds is 3. The van der Waals surface area contributed by atoms with Gasteiger partial charge in [0.15, 0.2) is 0 Å². The maximum absolute atomic E-state index is 13.6. The van der Waals surface area contributed by atoms with Crippen LogP contribution in [0.1, 0.15) is 46.7 Å². The third-order valence-electron chi connectivity index (χ3n) is 6.89. The summed E-state index contributed by atoms with van der Waals surface area (Å²) in [5.41, 5.74) is 3.00. The minimum atomic E-state index is -1.22. The van der Waals surface area contributed by atoms with E-state index in [1.165, 1.54) is 16.0 Å². The zero-order valence-electron chi connectivity index (χ0n) is 19.0. The molecular weight excluding hydrogens is 442 g/mol. The van der Waals surface area contributed by atoms with Gasteiger partial charge < -0.3 is 5.11 Å². The molecule has 2 aliphatic carbocycles. The van der Waals surface area contributed by atoms with Crippen LogP contribution in [0.2, 0.25) is 0 Å². The van der Waals surface area contributed by atoms with Gasteiger partial charge in [-0.3, -0.25) is 4.79 Å². The van der Waals surface area contributed by atoms with Gasteiger partial charge in [-0.25, -0.2) is 4.98 Å². The summed E-state index contributed by atoms with van der Waals surface area (Å²) >= 11 is 1.65. The average molecular weight is 468 g/mol. The van der Waals surface area contributed by atoms with Crippen LogP contribution in [0.15, 0.2) is 76.6 Å². The van der Waals surface area contributed by atoms with Crippen molar-refractivity contribution >= 4 is 32.8 Å². The molecule has 2 aliphatic rings. The van der Waals surface area contributed by atoms with Crippen LogP contribution in [0.5, 0.6) is 0 Å². The van der Waals surface area contributed by atoms with Crippen molar-refractivity contribution in [2.24, 2.45) is 5.10 Å². The lowest BCUT2D eigenvalue weighted by atomic mass is 9.84. The van der Waals surface area contributed by atoms with E-state index in [0.717, 1.165) is 51.7 Å². The third-order valence-corrected chi connectivity index (χ3v) is 8.07. The number of benzene rings is 2. The Morgan fingerprint density at radius 3 is 2.50 bits per heavy atom. The van der Waals surface area contributed by atoms with Crippen molar-refractivity contribution in [3.8, 4) is 0 Å². The summed E-state index contributed by atoms with van der Waals surface area (Å²) in [6, 6.07) is 19.5. The van der Waals surface area contributed by atoms with Gasteiger partial charge in [-0.05, 0) is 60.9 Å². The van der Waals surface area contributed by atoms with Gasteiger partial charge in [0.2, 0.25) is 0 Å². The molecule has 0 aliphatic heterocycles. The fourth-order valence-electron chi connectivity index (χ4n) is 5.21. The van der Waals surface area contributed by atoms with Crippen molar-refractivity contribution in [3.05, 3.63) is 104 Å². The quantitative estimate of drug-likeness (QED) is 0.449. The zero-order chi connectivity index (χ0) is 23.3. The summed E-state index contributed by atoms with van der Waals surface area (Å²) < 4.78 is 1.43. The summed E-state index contributed by atoms with van der Waals surface area (Å²) in [4.78, 5) is 20.4. The summed E-state index contributed by atoms with van der Waals surface area (Å²) in [7, 11) is 0. The fourth-order valence-corrected chi connectivity index (χ4v) is 6.51. The molecule has 0 bridgehead atoms. The molecule has 0 radical (unpaired) electrons. The molecule has 2 aromatic heterocycles. The molecule has 0 saturated carbocycles. The average Bonchev–Trinajstić information content (AvgIpc) is 3.41. The maximum Gasteiger partial charge on any atom is 0.283 e. The van der Waals surface area contributed by atoms with E-state index in [1.807, 2.05) is 73.7 Å². The van der Waals surface area contributed by atoms with E-state index < -0.39 is 5.60 Å². The number of hydrogen-bond acceptors (Lipinski definition) is 5. The molecule has 0 fully saturated rings. The molecule has 1 atom stereocenters. The highest BCUT2D eigenvalue weighted by molar-refractivity contribution is 7.18. The van der Waals surface area contributed by atoms with Gasteiger partial charge in [-0.15, -0.1) is 11.3 Å². The fraction of sp³-hybridized carbons (Fsp3) is 0.250. The van der Waals surface area contributed by atoms with Gasteiger partial charge in [0, 0.05) is 11.3 Å². The third kappa shape index (κ3) is 3.37. The second-order valence-corrected chi connectivity index (χ2v) is 10.2. The number of aliphatic hydroxyl groups is 1. The molecule has 170 valence electrons. The number of hydrogen-bond donors (Lipinski definition) is 1. The smallest absolute Gasteiger partial charge is 0.283 e. The van der Waals surface area contributed by atoms with Crippen LogP contribution in [0.25, 0.3) is 15.8 Å². The predicted molar refractivity (Wildman–Crippen MR) is 137 cm³/mol. The molecule has 34 heavy (non-hydrogen) atoms. The summed E-state index contributed by atoms with van der Waals surface area (Å²) in [6.45, 7) is 1.82. The minimum absolute atomic E-state index is 0.112. The molecule has 4 aromatic rings. The lowest BCUT2D eigenvalue weighted by Gasteiger charge is -2.27. The van der Waals surface area contributed by atoms with E-state index in [4.69, 9.17) is 10.1 Å². The van der Waals surface area contributed by atoms with E-state index in [-0.39, 0.29) is 12.0 Å². The molecule has 5 nitrogen and oxygen atoms in total. The first-order valence-electron chi connectivity index (χ1n) is 11.7. The van der Waals surface area contributed by atoms with Crippen LogP contribution < -0.4 is 5.56 Å².